The third kappa shape index (κ3) is 4.54. The molecule has 0 aliphatic carbocycles. The van der Waals surface area contributed by atoms with E-state index >= 15 is 0 Å². The van der Waals surface area contributed by atoms with Gasteiger partial charge >= 0.3 is 0 Å². The maximum Gasteiger partial charge on any atom is 0.280 e. The number of hydrogen-bond acceptors (Lipinski definition) is 4. The molecule has 0 aromatic heterocycles. The molecule has 28 heavy (non-hydrogen) atoms. The Morgan fingerprint density at radius 3 is 2.57 bits per heavy atom. The molecule has 2 aromatic carbocycles. The molecule has 1 aliphatic heterocycles. The van der Waals surface area contributed by atoms with Gasteiger partial charge in [-0.05, 0) is 50.1 Å². The van der Waals surface area contributed by atoms with Crippen LogP contribution in [0.15, 0.2) is 53.6 Å². The Labute approximate surface area is 163 Å². The lowest BCUT2D eigenvalue weighted by atomic mass is 10.1. The molecule has 0 bridgehead atoms. The number of amides is 2. The normalized spacial score (nSPS) is 15.5. The van der Waals surface area contributed by atoms with Crippen LogP contribution in [0.4, 0.5) is 10.1 Å². The highest BCUT2D eigenvalue weighted by molar-refractivity contribution is 6.00. The Hall–Kier alpha value is -3.22. The number of rotatable bonds is 6. The highest BCUT2D eigenvalue weighted by atomic mass is 19.1. The molecule has 1 N–H and O–H groups in total. The number of carbonyl (C=O) groups excluding carboxylic acids is 2. The summed E-state index contributed by atoms with van der Waals surface area (Å²) in [6.45, 7) is 4.02. The van der Waals surface area contributed by atoms with Crippen molar-refractivity contribution in [1.82, 2.24) is 5.43 Å². The summed E-state index contributed by atoms with van der Waals surface area (Å²) in [7, 11) is 0. The van der Waals surface area contributed by atoms with Gasteiger partial charge in [-0.1, -0.05) is 24.3 Å². The van der Waals surface area contributed by atoms with Crippen LogP contribution in [0.25, 0.3) is 0 Å². The average Bonchev–Trinajstić information content (AvgIpc) is 3.13. The average molecular weight is 383 g/mol. The number of ether oxygens (including phenoxy) is 1. The molecule has 7 heteroatoms. The molecule has 0 saturated carbocycles. The van der Waals surface area contributed by atoms with Crippen LogP contribution in [0.1, 0.15) is 32.3 Å². The molecule has 1 saturated heterocycles. The molecule has 2 aromatic rings. The molecule has 6 nitrogen and oxygen atoms in total. The van der Waals surface area contributed by atoms with E-state index in [1.54, 1.807) is 24.0 Å². The van der Waals surface area contributed by atoms with Crippen molar-refractivity contribution >= 4 is 23.2 Å². The highest BCUT2D eigenvalue weighted by Crippen LogP contribution is 2.22. The van der Waals surface area contributed by atoms with Crippen LogP contribution >= 0.6 is 0 Å². The molecule has 2 amide bonds. The minimum absolute atomic E-state index is 0.0119. The van der Waals surface area contributed by atoms with E-state index in [4.69, 9.17) is 4.74 Å². The molecule has 1 heterocycles. The Kier molecular flexibility index (Phi) is 6.03. The van der Waals surface area contributed by atoms with Crippen molar-refractivity contribution in [2.45, 2.75) is 32.8 Å². The molecule has 1 atom stereocenters. The summed E-state index contributed by atoms with van der Waals surface area (Å²) in [4.78, 5) is 25.7. The van der Waals surface area contributed by atoms with E-state index in [2.05, 4.69) is 10.5 Å². The number of benzene rings is 2. The van der Waals surface area contributed by atoms with E-state index in [0.717, 1.165) is 24.2 Å². The fourth-order valence-electron chi connectivity index (χ4n) is 2.88. The standard InChI is InChI=1S/C21H22FN3O3/c1-14(16-9-11-17(12-10-16)25-13-5-8-20(25)26)23-24-21(27)15(2)28-19-7-4-3-6-18(19)22/h3-4,6-7,9-12,15H,5,8,13H2,1-2H3,(H,24,27)/b23-14-/t15-/m0/s1. The largest absolute Gasteiger partial charge is 0.478 e. The summed E-state index contributed by atoms with van der Waals surface area (Å²) in [5.41, 5.74) is 4.71. The SMILES string of the molecule is C/C(=N/NC(=O)[C@H](C)Oc1ccccc1F)c1ccc(N2CCCC2=O)cc1. The van der Waals surface area contributed by atoms with Gasteiger partial charge in [0, 0.05) is 18.7 Å². The van der Waals surface area contributed by atoms with Gasteiger partial charge in [0.05, 0.1) is 5.71 Å². The van der Waals surface area contributed by atoms with Crippen molar-refractivity contribution in [3.05, 3.63) is 59.9 Å². The first-order chi connectivity index (χ1) is 13.5. The van der Waals surface area contributed by atoms with Crippen molar-refractivity contribution in [3.8, 4) is 5.75 Å². The zero-order valence-electron chi connectivity index (χ0n) is 15.8. The predicted molar refractivity (Wildman–Crippen MR) is 105 cm³/mol. The van der Waals surface area contributed by atoms with E-state index in [0.29, 0.717) is 12.1 Å². The Bertz CT molecular complexity index is 896. The fraction of sp³-hybridized carbons (Fsp3) is 0.286. The summed E-state index contributed by atoms with van der Waals surface area (Å²) in [5, 5.41) is 4.08. The third-order valence-electron chi connectivity index (χ3n) is 4.51. The third-order valence-corrected chi connectivity index (χ3v) is 4.51. The minimum Gasteiger partial charge on any atom is -0.478 e. The molecular formula is C21H22FN3O3. The predicted octanol–water partition coefficient (Wildman–Crippen LogP) is 3.26. The van der Waals surface area contributed by atoms with Crippen molar-refractivity contribution in [1.29, 1.82) is 0 Å². The second-order valence-electron chi connectivity index (χ2n) is 6.56. The highest BCUT2D eigenvalue weighted by Gasteiger charge is 2.21. The number of hydrazone groups is 1. The smallest absolute Gasteiger partial charge is 0.280 e. The van der Waals surface area contributed by atoms with Gasteiger partial charge in [0.1, 0.15) is 0 Å². The molecule has 0 unspecified atom stereocenters. The number of nitrogens with zero attached hydrogens (tertiary/aromatic N) is 2. The Morgan fingerprint density at radius 1 is 1.21 bits per heavy atom. The van der Waals surface area contributed by atoms with Gasteiger partial charge in [-0.2, -0.15) is 5.10 Å². The molecule has 3 rings (SSSR count). The van der Waals surface area contributed by atoms with E-state index in [-0.39, 0.29) is 11.7 Å². The first-order valence-electron chi connectivity index (χ1n) is 9.12. The molecule has 1 aliphatic rings. The molecule has 1 fully saturated rings. The number of para-hydroxylation sites is 1. The number of carbonyl (C=O) groups is 2. The second-order valence-corrected chi connectivity index (χ2v) is 6.56. The quantitative estimate of drug-likeness (QED) is 0.615. The van der Waals surface area contributed by atoms with Crippen LogP contribution in [-0.4, -0.2) is 30.2 Å². The first kappa shape index (κ1) is 19.5. The fourth-order valence-corrected chi connectivity index (χ4v) is 2.88. The second kappa shape index (κ2) is 8.65. The molecule has 0 radical (unpaired) electrons. The summed E-state index contributed by atoms with van der Waals surface area (Å²) in [6.07, 6.45) is 0.554. The summed E-state index contributed by atoms with van der Waals surface area (Å²) in [6, 6.07) is 13.3. The monoisotopic (exact) mass is 383 g/mol. The minimum atomic E-state index is -0.906. The van der Waals surface area contributed by atoms with Gasteiger partial charge in [0.15, 0.2) is 17.7 Å². The molecular weight excluding hydrogens is 361 g/mol. The zero-order valence-corrected chi connectivity index (χ0v) is 15.8. The Balaban J connectivity index is 1.59. The summed E-state index contributed by atoms with van der Waals surface area (Å²) < 4.78 is 18.9. The number of hydrogen-bond donors (Lipinski definition) is 1. The number of anilines is 1. The van der Waals surface area contributed by atoms with Crippen molar-refractivity contribution in [2.75, 3.05) is 11.4 Å². The topological polar surface area (TPSA) is 71.0 Å². The van der Waals surface area contributed by atoms with Crippen LogP contribution in [0, 0.1) is 5.82 Å². The van der Waals surface area contributed by atoms with E-state index in [1.807, 2.05) is 24.3 Å². The Morgan fingerprint density at radius 2 is 1.93 bits per heavy atom. The van der Waals surface area contributed by atoms with Gasteiger partial charge < -0.3 is 9.64 Å². The maximum atomic E-state index is 13.6. The van der Waals surface area contributed by atoms with Crippen LogP contribution in [0.2, 0.25) is 0 Å². The van der Waals surface area contributed by atoms with Gasteiger partial charge in [0.25, 0.3) is 5.91 Å². The lowest BCUT2D eigenvalue weighted by Gasteiger charge is -2.16. The van der Waals surface area contributed by atoms with Crippen LogP contribution < -0.4 is 15.1 Å². The van der Waals surface area contributed by atoms with Gasteiger partial charge in [0.2, 0.25) is 5.91 Å². The zero-order chi connectivity index (χ0) is 20.1. The van der Waals surface area contributed by atoms with Crippen molar-refractivity contribution < 1.29 is 18.7 Å². The van der Waals surface area contributed by atoms with Crippen molar-refractivity contribution in [3.63, 3.8) is 0 Å². The van der Waals surface area contributed by atoms with Gasteiger partial charge in [-0.3, -0.25) is 9.59 Å². The summed E-state index contributed by atoms with van der Waals surface area (Å²) >= 11 is 0. The van der Waals surface area contributed by atoms with Crippen LogP contribution in [-0.2, 0) is 9.59 Å². The van der Waals surface area contributed by atoms with Crippen molar-refractivity contribution in [2.24, 2.45) is 5.10 Å². The molecule has 146 valence electrons. The van der Waals surface area contributed by atoms with Crippen LogP contribution in [0.3, 0.4) is 0 Å². The van der Waals surface area contributed by atoms with Gasteiger partial charge in [-0.15, -0.1) is 0 Å². The number of halogens is 1. The van der Waals surface area contributed by atoms with E-state index in [1.165, 1.54) is 19.1 Å². The lowest BCUT2D eigenvalue weighted by Crippen LogP contribution is -2.34. The van der Waals surface area contributed by atoms with E-state index in [9.17, 15) is 14.0 Å². The maximum absolute atomic E-state index is 13.6. The van der Waals surface area contributed by atoms with Gasteiger partial charge in [-0.25, -0.2) is 9.82 Å². The molecule has 0 spiro atoms. The van der Waals surface area contributed by atoms with Crippen LogP contribution in [0.5, 0.6) is 5.75 Å². The first-order valence-corrected chi connectivity index (χ1v) is 9.12. The van der Waals surface area contributed by atoms with E-state index < -0.39 is 17.8 Å². The summed E-state index contributed by atoms with van der Waals surface area (Å²) in [5.74, 6) is -0.868. The number of nitrogens with one attached hydrogen (secondary N) is 1. The lowest BCUT2D eigenvalue weighted by molar-refractivity contribution is -0.127.